The Kier molecular flexibility index (Phi) is 8.01. The molecule has 0 radical (unpaired) electrons. The molecule has 4 rings (SSSR count). The zero-order chi connectivity index (χ0) is 23.3. The first-order valence-electron chi connectivity index (χ1n) is 12.1. The molecule has 2 aliphatic heterocycles. The number of likely N-dealkylation sites (tertiary alicyclic amines) is 1. The summed E-state index contributed by atoms with van der Waals surface area (Å²) in [5, 5.41) is 3.29. The molecule has 33 heavy (non-hydrogen) atoms. The van der Waals surface area contributed by atoms with Crippen LogP contribution in [0.5, 0.6) is 0 Å². The van der Waals surface area contributed by atoms with Crippen LogP contribution in [0.3, 0.4) is 0 Å². The van der Waals surface area contributed by atoms with Crippen molar-refractivity contribution < 1.29 is 17.6 Å². The highest BCUT2D eigenvalue weighted by atomic mass is 32.2. The maximum absolute atomic E-state index is 12.9. The molecule has 0 bridgehead atoms. The fourth-order valence-electron chi connectivity index (χ4n) is 4.73. The molecule has 0 amide bonds. The van der Waals surface area contributed by atoms with Crippen LogP contribution in [0.25, 0.3) is 0 Å². The smallest absolute Gasteiger partial charge is 0.243 e. The average Bonchev–Trinajstić information content (AvgIpc) is 3.37. The second-order valence-corrected chi connectivity index (χ2v) is 11.2. The summed E-state index contributed by atoms with van der Waals surface area (Å²) < 4.78 is 33.0. The number of hydrogen-bond acceptors (Lipinski definition) is 6. The second-order valence-electron chi connectivity index (χ2n) is 9.29. The maximum Gasteiger partial charge on any atom is 0.243 e. The lowest BCUT2D eigenvalue weighted by molar-refractivity contribution is 0.0980. The van der Waals surface area contributed by atoms with Crippen molar-refractivity contribution in [1.82, 2.24) is 14.5 Å². The van der Waals surface area contributed by atoms with Crippen molar-refractivity contribution in [3.8, 4) is 0 Å². The number of sulfonamides is 1. The molecule has 1 N–H and O–H groups in total. The Labute approximate surface area is 197 Å². The number of piperidine rings is 2. The van der Waals surface area contributed by atoms with Crippen LogP contribution in [0, 0.1) is 5.92 Å². The summed E-state index contributed by atoms with van der Waals surface area (Å²) in [6.45, 7) is 6.16. The summed E-state index contributed by atoms with van der Waals surface area (Å²) >= 11 is 0. The highest BCUT2D eigenvalue weighted by molar-refractivity contribution is 7.89. The zero-order valence-corrected chi connectivity index (χ0v) is 20.2. The summed E-state index contributed by atoms with van der Waals surface area (Å²) in [5.74, 6) is 1.42. The van der Waals surface area contributed by atoms with E-state index < -0.39 is 10.0 Å². The van der Waals surface area contributed by atoms with Gasteiger partial charge in [-0.05, 0) is 69.0 Å². The van der Waals surface area contributed by atoms with E-state index >= 15 is 0 Å². The molecule has 2 saturated heterocycles. The Bertz CT molecular complexity index is 991. The van der Waals surface area contributed by atoms with E-state index in [4.69, 9.17) is 4.42 Å². The van der Waals surface area contributed by atoms with E-state index in [1.54, 1.807) is 34.8 Å². The molecule has 180 valence electrons. The van der Waals surface area contributed by atoms with Crippen molar-refractivity contribution in [2.45, 2.75) is 50.0 Å². The standard InChI is InChI=1S/C25H35N3O4S/c1-20-11-15-28(16-12-20)33(30,31)22-9-7-21(8-10-22)24(29)19-26-18-23(25-6-5-17-32-25)27-13-3-2-4-14-27/h5-10,17,20,23,26H,2-4,11-16,18-19H2,1H3. The number of rotatable bonds is 9. The van der Waals surface area contributed by atoms with Crippen molar-refractivity contribution in [1.29, 1.82) is 0 Å². The lowest BCUT2D eigenvalue weighted by atomic mass is 10.0. The van der Waals surface area contributed by atoms with Gasteiger partial charge >= 0.3 is 0 Å². The minimum atomic E-state index is -3.50. The number of hydrogen-bond donors (Lipinski definition) is 1. The van der Waals surface area contributed by atoms with E-state index in [0.717, 1.165) is 31.7 Å². The van der Waals surface area contributed by atoms with Gasteiger partial charge in [-0.15, -0.1) is 0 Å². The minimum Gasteiger partial charge on any atom is -0.468 e. The molecule has 2 aromatic rings. The van der Waals surface area contributed by atoms with Crippen LogP contribution < -0.4 is 5.32 Å². The molecule has 2 aliphatic rings. The predicted molar refractivity (Wildman–Crippen MR) is 128 cm³/mol. The van der Waals surface area contributed by atoms with Gasteiger partial charge in [0, 0.05) is 25.2 Å². The molecule has 1 unspecified atom stereocenters. The molecule has 1 aromatic heterocycles. The molecule has 3 heterocycles. The third-order valence-corrected chi connectivity index (χ3v) is 8.80. The van der Waals surface area contributed by atoms with Gasteiger partial charge in [0.25, 0.3) is 0 Å². The summed E-state index contributed by atoms with van der Waals surface area (Å²) in [6, 6.07) is 10.4. The molecule has 0 saturated carbocycles. The Morgan fingerprint density at radius 2 is 1.76 bits per heavy atom. The van der Waals surface area contributed by atoms with Crippen molar-refractivity contribution in [2.24, 2.45) is 5.92 Å². The SMILES string of the molecule is CC1CCN(S(=O)(=O)c2ccc(C(=O)CNCC(c3ccco3)N3CCCCC3)cc2)CC1. The molecule has 0 aliphatic carbocycles. The topological polar surface area (TPSA) is 82.9 Å². The van der Waals surface area contributed by atoms with Crippen LogP contribution in [0.15, 0.2) is 52.0 Å². The van der Waals surface area contributed by atoms with Gasteiger partial charge in [-0.1, -0.05) is 25.5 Å². The van der Waals surface area contributed by atoms with Gasteiger partial charge in [0.2, 0.25) is 10.0 Å². The highest BCUT2D eigenvalue weighted by Gasteiger charge is 2.28. The summed E-state index contributed by atoms with van der Waals surface area (Å²) in [7, 11) is -3.50. The van der Waals surface area contributed by atoms with Crippen LogP contribution in [0.1, 0.15) is 61.2 Å². The van der Waals surface area contributed by atoms with Gasteiger partial charge < -0.3 is 9.73 Å². The first-order chi connectivity index (χ1) is 15.9. The van der Waals surface area contributed by atoms with E-state index in [9.17, 15) is 13.2 Å². The minimum absolute atomic E-state index is 0.0532. The Morgan fingerprint density at radius 1 is 1.06 bits per heavy atom. The van der Waals surface area contributed by atoms with E-state index in [0.29, 0.717) is 31.1 Å². The van der Waals surface area contributed by atoms with E-state index in [2.05, 4.69) is 17.1 Å². The molecule has 7 nitrogen and oxygen atoms in total. The summed E-state index contributed by atoms with van der Waals surface area (Å²) in [4.78, 5) is 15.4. The van der Waals surface area contributed by atoms with E-state index in [-0.39, 0.29) is 23.3 Å². The Morgan fingerprint density at radius 3 is 2.39 bits per heavy atom. The fraction of sp³-hybridized carbons (Fsp3) is 0.560. The monoisotopic (exact) mass is 473 g/mol. The number of Topliss-reactive ketones (excluding diaryl/α,β-unsaturated/α-hetero) is 1. The lowest BCUT2D eigenvalue weighted by Crippen LogP contribution is -2.40. The van der Waals surface area contributed by atoms with Crippen molar-refractivity contribution in [3.05, 3.63) is 54.0 Å². The quantitative estimate of drug-likeness (QED) is 0.559. The normalized spacial score (nSPS) is 20.0. The largest absolute Gasteiger partial charge is 0.468 e. The van der Waals surface area contributed by atoms with Crippen molar-refractivity contribution in [2.75, 3.05) is 39.3 Å². The Balaban J connectivity index is 1.33. The Hall–Kier alpha value is -2.00. The van der Waals surface area contributed by atoms with Gasteiger partial charge in [-0.25, -0.2) is 8.42 Å². The second kappa shape index (κ2) is 11.0. The van der Waals surface area contributed by atoms with E-state index in [1.165, 1.54) is 19.3 Å². The number of nitrogens with one attached hydrogen (secondary N) is 1. The molecular formula is C25H35N3O4S. The lowest BCUT2D eigenvalue weighted by Gasteiger charge is -2.33. The number of nitrogens with zero attached hydrogens (tertiary/aromatic N) is 2. The molecule has 0 spiro atoms. The van der Waals surface area contributed by atoms with Crippen LogP contribution in [0.4, 0.5) is 0 Å². The molecular weight excluding hydrogens is 438 g/mol. The summed E-state index contributed by atoms with van der Waals surface area (Å²) in [6.07, 6.45) is 7.09. The van der Waals surface area contributed by atoms with Gasteiger partial charge in [-0.2, -0.15) is 4.31 Å². The van der Waals surface area contributed by atoms with Crippen molar-refractivity contribution >= 4 is 15.8 Å². The molecule has 1 aromatic carbocycles. The van der Waals surface area contributed by atoms with Gasteiger partial charge in [0.05, 0.1) is 23.7 Å². The van der Waals surface area contributed by atoms with E-state index in [1.807, 2.05) is 12.1 Å². The number of carbonyl (C=O) groups is 1. The third kappa shape index (κ3) is 5.93. The molecule has 1 atom stereocenters. The number of carbonyl (C=O) groups excluding carboxylic acids is 1. The van der Waals surface area contributed by atoms with Crippen LogP contribution in [-0.2, 0) is 10.0 Å². The van der Waals surface area contributed by atoms with Crippen LogP contribution in [0.2, 0.25) is 0 Å². The van der Waals surface area contributed by atoms with Gasteiger partial charge in [0.1, 0.15) is 5.76 Å². The van der Waals surface area contributed by atoms with Gasteiger partial charge in [0.15, 0.2) is 5.78 Å². The predicted octanol–water partition coefficient (Wildman–Crippen LogP) is 3.70. The molecule has 2 fully saturated rings. The van der Waals surface area contributed by atoms with Crippen LogP contribution >= 0.6 is 0 Å². The first-order valence-corrected chi connectivity index (χ1v) is 13.5. The van der Waals surface area contributed by atoms with Gasteiger partial charge in [-0.3, -0.25) is 9.69 Å². The zero-order valence-electron chi connectivity index (χ0n) is 19.4. The van der Waals surface area contributed by atoms with Crippen molar-refractivity contribution in [3.63, 3.8) is 0 Å². The summed E-state index contributed by atoms with van der Waals surface area (Å²) in [5.41, 5.74) is 0.515. The fourth-order valence-corrected chi connectivity index (χ4v) is 6.20. The maximum atomic E-state index is 12.9. The van der Waals surface area contributed by atoms with Crippen LogP contribution in [-0.4, -0.2) is 62.7 Å². The number of furan rings is 1. The third-order valence-electron chi connectivity index (χ3n) is 6.88. The number of ketones is 1. The number of benzene rings is 1. The first kappa shape index (κ1) is 24.1. The molecule has 8 heteroatoms. The highest BCUT2D eigenvalue weighted by Crippen LogP contribution is 2.25. The average molecular weight is 474 g/mol.